The van der Waals surface area contributed by atoms with Gasteiger partial charge in [-0.05, 0) is 37.5 Å². The van der Waals surface area contributed by atoms with E-state index in [1.165, 1.54) is 23.8 Å². The molecule has 1 N–H and O–H groups in total. The molecule has 1 saturated heterocycles. The van der Waals surface area contributed by atoms with Crippen LogP contribution in [0, 0.1) is 23.0 Å². The van der Waals surface area contributed by atoms with Crippen molar-refractivity contribution in [2.75, 3.05) is 24.7 Å². The lowest BCUT2D eigenvalue weighted by molar-refractivity contribution is -0.387. The topological polar surface area (TPSA) is 98.5 Å². The summed E-state index contributed by atoms with van der Waals surface area (Å²) < 4.78 is 29.9. The van der Waals surface area contributed by atoms with E-state index in [0.717, 1.165) is 24.7 Å². The number of nitro benzene ring substituents is 1. The number of nitrogens with zero attached hydrogens (tertiary/aromatic N) is 1. The van der Waals surface area contributed by atoms with Crippen LogP contribution in [0.2, 0.25) is 0 Å². The fourth-order valence-corrected chi connectivity index (χ4v) is 4.36. The van der Waals surface area contributed by atoms with E-state index in [1.807, 2.05) is 6.92 Å². The normalized spacial score (nSPS) is 19.9. The van der Waals surface area contributed by atoms with Gasteiger partial charge in [0.05, 0.1) is 11.0 Å². The Labute approximate surface area is 164 Å². The summed E-state index contributed by atoms with van der Waals surface area (Å²) in [7, 11) is -3.71. The zero-order chi connectivity index (χ0) is 20.3. The van der Waals surface area contributed by atoms with Gasteiger partial charge >= 0.3 is 0 Å². The van der Waals surface area contributed by atoms with Gasteiger partial charge in [-0.3, -0.25) is 10.1 Å². The van der Waals surface area contributed by atoms with Crippen LogP contribution in [0.3, 0.4) is 0 Å². The van der Waals surface area contributed by atoms with Gasteiger partial charge in [-0.25, -0.2) is 8.42 Å². The van der Waals surface area contributed by atoms with Gasteiger partial charge in [-0.2, -0.15) is 0 Å². The number of rotatable bonds is 6. The molecule has 0 aliphatic carbocycles. The van der Waals surface area contributed by atoms with Crippen molar-refractivity contribution in [2.45, 2.75) is 30.8 Å². The van der Waals surface area contributed by atoms with Gasteiger partial charge < -0.3 is 10.1 Å². The van der Waals surface area contributed by atoms with Gasteiger partial charge in [0.2, 0.25) is 0 Å². The molecule has 1 heterocycles. The molecule has 7 nitrogen and oxygen atoms in total. The van der Waals surface area contributed by atoms with E-state index in [4.69, 9.17) is 4.74 Å². The molecule has 8 heteroatoms. The molecule has 0 bridgehead atoms. The number of nitrogens with one attached hydrogen (secondary N) is 1. The molecule has 2 aromatic rings. The van der Waals surface area contributed by atoms with Crippen LogP contribution >= 0.6 is 0 Å². The minimum atomic E-state index is -3.71. The Morgan fingerprint density at radius 1 is 1.21 bits per heavy atom. The third kappa shape index (κ3) is 4.69. The zero-order valence-corrected chi connectivity index (χ0v) is 16.7. The van der Waals surface area contributed by atoms with E-state index in [1.54, 1.807) is 0 Å². The average molecular weight is 404 g/mol. The number of nitro groups is 1. The molecule has 2 atom stereocenters. The molecular weight excluding hydrogens is 380 g/mol. The van der Waals surface area contributed by atoms with Crippen molar-refractivity contribution in [3.8, 4) is 0 Å². The molecule has 1 aliphatic rings. The summed E-state index contributed by atoms with van der Waals surface area (Å²) in [6.45, 7) is 3.34. The molecule has 0 radical (unpaired) electrons. The lowest BCUT2D eigenvalue weighted by Crippen LogP contribution is -2.28. The molecule has 0 spiro atoms. The highest BCUT2D eigenvalue weighted by Crippen LogP contribution is 2.34. The third-order valence-electron chi connectivity index (χ3n) is 4.98. The van der Waals surface area contributed by atoms with E-state index in [9.17, 15) is 18.5 Å². The van der Waals surface area contributed by atoms with Crippen LogP contribution in [0.15, 0.2) is 47.4 Å². The lowest BCUT2D eigenvalue weighted by atomic mass is 9.89. The molecular formula is C20H24N2O5S. The smallest absolute Gasteiger partial charge is 0.288 e. The Bertz CT molecular complexity index is 957. The van der Waals surface area contributed by atoms with Crippen molar-refractivity contribution >= 4 is 21.2 Å². The van der Waals surface area contributed by atoms with Gasteiger partial charge in [0, 0.05) is 37.1 Å². The van der Waals surface area contributed by atoms with E-state index < -0.39 is 20.4 Å². The second kappa shape index (κ2) is 8.28. The number of sulfone groups is 1. The highest BCUT2D eigenvalue weighted by Gasteiger charge is 2.28. The fraction of sp³-hybridized carbons (Fsp3) is 0.400. The van der Waals surface area contributed by atoms with E-state index in [0.29, 0.717) is 18.8 Å². The van der Waals surface area contributed by atoms with Gasteiger partial charge in [0.25, 0.3) is 5.69 Å². The first-order valence-corrected chi connectivity index (χ1v) is 11.1. The predicted molar refractivity (Wildman–Crippen MR) is 107 cm³/mol. The van der Waals surface area contributed by atoms with Crippen LogP contribution in [0.4, 0.5) is 11.4 Å². The zero-order valence-electron chi connectivity index (χ0n) is 15.9. The minimum Gasteiger partial charge on any atom is -0.385 e. The number of benzene rings is 2. The van der Waals surface area contributed by atoms with Gasteiger partial charge in [-0.1, -0.05) is 29.8 Å². The van der Waals surface area contributed by atoms with Crippen molar-refractivity contribution < 1.29 is 18.1 Å². The van der Waals surface area contributed by atoms with Crippen LogP contribution in [0.1, 0.15) is 30.1 Å². The molecule has 3 rings (SSSR count). The summed E-state index contributed by atoms with van der Waals surface area (Å²) in [5, 5.41) is 14.3. The van der Waals surface area contributed by atoms with Crippen molar-refractivity contribution in [1.82, 2.24) is 0 Å². The van der Waals surface area contributed by atoms with Crippen molar-refractivity contribution in [1.29, 1.82) is 0 Å². The Balaban J connectivity index is 1.78. The van der Waals surface area contributed by atoms with E-state index >= 15 is 0 Å². The van der Waals surface area contributed by atoms with Crippen LogP contribution in [0.5, 0.6) is 0 Å². The van der Waals surface area contributed by atoms with E-state index in [2.05, 4.69) is 29.6 Å². The number of anilines is 1. The monoisotopic (exact) mass is 404 g/mol. The van der Waals surface area contributed by atoms with Crippen molar-refractivity contribution in [2.24, 2.45) is 5.92 Å². The van der Waals surface area contributed by atoms with E-state index in [-0.39, 0.29) is 16.9 Å². The Hall–Kier alpha value is -2.45. The average Bonchev–Trinajstić information content (AvgIpc) is 2.66. The number of aryl methyl sites for hydroxylation is 1. The first-order valence-electron chi connectivity index (χ1n) is 9.16. The standard InChI is InChI=1S/C20H24N2O5S/c1-14-5-7-15(8-6-14)20-16(4-3-11-27-20)13-21-17-9-10-18(22(23)24)19(12-17)28(2,25)26/h5-10,12,16,20-21H,3-4,11,13H2,1-2H3. The molecule has 150 valence electrons. The quantitative estimate of drug-likeness (QED) is 0.579. The lowest BCUT2D eigenvalue weighted by Gasteiger charge is -2.32. The second-order valence-electron chi connectivity index (χ2n) is 7.20. The molecule has 2 aromatic carbocycles. The highest BCUT2D eigenvalue weighted by atomic mass is 32.2. The molecule has 0 amide bonds. The summed E-state index contributed by atoms with van der Waals surface area (Å²) in [5.41, 5.74) is 2.44. The fourth-order valence-electron chi connectivity index (χ4n) is 3.50. The van der Waals surface area contributed by atoms with Crippen LogP contribution in [-0.4, -0.2) is 32.7 Å². The van der Waals surface area contributed by atoms with Gasteiger partial charge in [0.15, 0.2) is 9.84 Å². The van der Waals surface area contributed by atoms with Gasteiger partial charge in [0.1, 0.15) is 4.90 Å². The second-order valence-corrected chi connectivity index (χ2v) is 9.18. The third-order valence-corrected chi connectivity index (χ3v) is 6.10. The number of hydrogen-bond acceptors (Lipinski definition) is 6. The first-order chi connectivity index (χ1) is 13.3. The molecule has 1 fully saturated rings. The summed E-state index contributed by atoms with van der Waals surface area (Å²) in [5.74, 6) is 0.216. The molecule has 28 heavy (non-hydrogen) atoms. The first kappa shape index (κ1) is 20.3. The summed E-state index contributed by atoms with van der Waals surface area (Å²) >= 11 is 0. The summed E-state index contributed by atoms with van der Waals surface area (Å²) in [6, 6.07) is 12.4. The van der Waals surface area contributed by atoms with Crippen LogP contribution < -0.4 is 5.32 Å². The Morgan fingerprint density at radius 2 is 1.93 bits per heavy atom. The summed E-state index contributed by atoms with van der Waals surface area (Å²) in [6.07, 6.45) is 2.89. The Morgan fingerprint density at radius 3 is 2.57 bits per heavy atom. The largest absolute Gasteiger partial charge is 0.385 e. The van der Waals surface area contributed by atoms with Crippen LogP contribution in [0.25, 0.3) is 0 Å². The molecule has 2 unspecified atom stereocenters. The predicted octanol–water partition coefficient (Wildman–Crippen LogP) is 3.89. The summed E-state index contributed by atoms with van der Waals surface area (Å²) in [4.78, 5) is 10.2. The Kier molecular flexibility index (Phi) is 6.00. The molecule has 0 saturated carbocycles. The number of ether oxygens (including phenoxy) is 1. The molecule has 1 aliphatic heterocycles. The number of hydrogen-bond donors (Lipinski definition) is 1. The van der Waals surface area contributed by atoms with Crippen molar-refractivity contribution in [3.05, 3.63) is 63.7 Å². The minimum absolute atomic E-state index is 0.0331. The van der Waals surface area contributed by atoms with Crippen LogP contribution in [-0.2, 0) is 14.6 Å². The van der Waals surface area contributed by atoms with Gasteiger partial charge in [-0.15, -0.1) is 0 Å². The van der Waals surface area contributed by atoms with Crippen molar-refractivity contribution in [3.63, 3.8) is 0 Å². The highest BCUT2D eigenvalue weighted by molar-refractivity contribution is 7.90. The molecule has 0 aromatic heterocycles. The SMILES string of the molecule is Cc1ccc(C2OCCCC2CNc2ccc([N+](=O)[O-])c(S(C)(=O)=O)c2)cc1. The maximum atomic E-state index is 11.9. The maximum absolute atomic E-state index is 11.9. The maximum Gasteiger partial charge on any atom is 0.288 e.